The van der Waals surface area contributed by atoms with Crippen molar-refractivity contribution in [3.63, 3.8) is 0 Å². The van der Waals surface area contributed by atoms with Crippen LogP contribution in [0.1, 0.15) is 41.0 Å². The van der Waals surface area contributed by atoms with Gasteiger partial charge in [0.2, 0.25) is 0 Å². The van der Waals surface area contributed by atoms with E-state index in [1.165, 1.54) is 0 Å². The zero-order valence-electron chi connectivity index (χ0n) is 10.2. The molecular formula is C9H22BNO3S. The quantitative estimate of drug-likeness (QED) is 0.606. The molecule has 0 aliphatic carbocycles. The molecule has 0 aliphatic heterocycles. The van der Waals surface area contributed by atoms with Gasteiger partial charge in [-0.25, -0.2) is 8.93 Å². The molecule has 0 radical (unpaired) electrons. The molecular weight excluding hydrogens is 213 g/mol. The molecule has 2 atom stereocenters. The zero-order chi connectivity index (χ0) is 12.2. The average Bonchev–Trinajstić information content (AvgIpc) is 1.99. The van der Waals surface area contributed by atoms with Crippen LogP contribution >= 0.6 is 0 Å². The van der Waals surface area contributed by atoms with Crippen LogP contribution in [0.2, 0.25) is 0 Å². The Kier molecular flexibility index (Phi) is 6.02. The van der Waals surface area contributed by atoms with Crippen LogP contribution in [0, 0.1) is 5.92 Å². The Morgan fingerprint density at radius 2 is 1.80 bits per heavy atom. The third-order valence-electron chi connectivity index (χ3n) is 1.90. The minimum absolute atomic E-state index is 0.321. The summed E-state index contributed by atoms with van der Waals surface area (Å²) in [6, 6.07) is 0. The first-order valence-electron chi connectivity index (χ1n) is 5.18. The molecule has 0 amide bonds. The van der Waals surface area contributed by atoms with Gasteiger partial charge in [0.05, 0.1) is 21.7 Å². The van der Waals surface area contributed by atoms with Crippen LogP contribution in [0.5, 0.6) is 0 Å². The Labute approximate surface area is 95.2 Å². The summed E-state index contributed by atoms with van der Waals surface area (Å²) in [7, 11) is -2.75. The summed E-state index contributed by atoms with van der Waals surface area (Å²) in [6.45, 7) is 9.49. The van der Waals surface area contributed by atoms with Crippen molar-refractivity contribution in [2.24, 2.45) is 5.92 Å². The van der Waals surface area contributed by atoms with Crippen LogP contribution in [0.4, 0.5) is 0 Å². The van der Waals surface area contributed by atoms with E-state index in [-0.39, 0.29) is 0 Å². The maximum absolute atomic E-state index is 11.7. The van der Waals surface area contributed by atoms with E-state index in [1.54, 1.807) is 0 Å². The molecule has 90 valence electrons. The molecule has 0 rings (SSSR count). The fourth-order valence-corrected chi connectivity index (χ4v) is 1.90. The molecule has 4 nitrogen and oxygen atoms in total. The first kappa shape index (κ1) is 15.1. The van der Waals surface area contributed by atoms with Crippen LogP contribution < -0.4 is 4.72 Å². The van der Waals surface area contributed by atoms with Crippen molar-refractivity contribution in [1.29, 1.82) is 0 Å². The van der Waals surface area contributed by atoms with E-state index in [4.69, 9.17) is 10.0 Å². The lowest BCUT2D eigenvalue weighted by Crippen LogP contribution is -2.48. The van der Waals surface area contributed by atoms with Crippen molar-refractivity contribution in [2.45, 2.75) is 51.7 Å². The molecule has 0 fully saturated rings. The molecule has 0 heterocycles. The molecule has 0 unspecified atom stereocenters. The Bertz CT molecular complexity index is 216. The van der Waals surface area contributed by atoms with Crippen molar-refractivity contribution < 1.29 is 14.3 Å². The van der Waals surface area contributed by atoms with Gasteiger partial charge in [-0.2, -0.15) is 0 Å². The summed E-state index contributed by atoms with van der Waals surface area (Å²) in [5.74, 6) is -0.216. The van der Waals surface area contributed by atoms with Gasteiger partial charge in [0.15, 0.2) is 0 Å². The van der Waals surface area contributed by atoms with E-state index in [9.17, 15) is 4.21 Å². The van der Waals surface area contributed by atoms with E-state index in [0.29, 0.717) is 12.3 Å². The minimum Gasteiger partial charge on any atom is -0.426 e. The second kappa shape index (κ2) is 5.99. The minimum atomic E-state index is -1.47. The van der Waals surface area contributed by atoms with Gasteiger partial charge in [0, 0.05) is 0 Å². The Morgan fingerprint density at radius 1 is 1.33 bits per heavy atom. The van der Waals surface area contributed by atoms with E-state index in [1.807, 2.05) is 34.6 Å². The van der Waals surface area contributed by atoms with Crippen LogP contribution in [-0.2, 0) is 11.0 Å². The third kappa shape index (κ3) is 6.30. The zero-order valence-corrected chi connectivity index (χ0v) is 11.0. The van der Waals surface area contributed by atoms with Gasteiger partial charge in [-0.15, -0.1) is 0 Å². The topological polar surface area (TPSA) is 69.6 Å². The number of nitrogens with one attached hydrogen (secondary N) is 1. The molecule has 0 aliphatic rings. The van der Waals surface area contributed by atoms with Crippen molar-refractivity contribution in [3.8, 4) is 0 Å². The van der Waals surface area contributed by atoms with Crippen LogP contribution in [0.25, 0.3) is 0 Å². The van der Waals surface area contributed by atoms with Gasteiger partial charge in [0.1, 0.15) is 0 Å². The Balaban J connectivity index is 4.36. The van der Waals surface area contributed by atoms with Crippen molar-refractivity contribution >= 4 is 18.1 Å². The highest BCUT2D eigenvalue weighted by Gasteiger charge is 2.29. The Hall–Kier alpha value is 0.0949. The molecule has 0 saturated heterocycles. The summed E-state index contributed by atoms with van der Waals surface area (Å²) in [4.78, 5) is 0. The molecule has 0 bridgehead atoms. The summed E-state index contributed by atoms with van der Waals surface area (Å²) < 4.78 is 14.1. The van der Waals surface area contributed by atoms with Crippen LogP contribution in [-0.4, -0.2) is 32.1 Å². The standard InChI is InChI=1S/C9H22BNO3S/c1-7(2)6-8(10(12)13)11-15(14)9(3,4)5/h7-8,11-13H,6H2,1-5H3/t8-,15+/m0/s1. The van der Waals surface area contributed by atoms with E-state index < -0.39 is 28.8 Å². The third-order valence-corrected chi connectivity index (χ3v) is 3.53. The van der Waals surface area contributed by atoms with Gasteiger partial charge in [-0.1, -0.05) is 13.8 Å². The SMILES string of the molecule is CC(C)C[C@H](N[S@](=O)C(C)(C)C)B(O)O. The van der Waals surface area contributed by atoms with Gasteiger partial charge in [-0.05, 0) is 33.1 Å². The molecule has 0 saturated carbocycles. The smallest absolute Gasteiger partial charge is 0.426 e. The predicted molar refractivity (Wildman–Crippen MR) is 64.5 cm³/mol. The number of hydrogen-bond acceptors (Lipinski definition) is 3. The normalized spacial score (nSPS) is 16.5. The van der Waals surface area contributed by atoms with Gasteiger partial charge >= 0.3 is 7.12 Å². The molecule has 0 aromatic rings. The lowest BCUT2D eigenvalue weighted by atomic mass is 9.76. The van der Waals surface area contributed by atoms with Gasteiger partial charge < -0.3 is 10.0 Å². The molecule has 6 heteroatoms. The highest BCUT2D eigenvalue weighted by molar-refractivity contribution is 7.84. The van der Waals surface area contributed by atoms with Crippen molar-refractivity contribution in [2.75, 3.05) is 0 Å². The van der Waals surface area contributed by atoms with E-state index in [0.717, 1.165) is 0 Å². The van der Waals surface area contributed by atoms with Crippen LogP contribution in [0.3, 0.4) is 0 Å². The summed E-state index contributed by atoms with van der Waals surface area (Å²) in [5.41, 5.74) is 0. The van der Waals surface area contributed by atoms with E-state index >= 15 is 0 Å². The molecule has 15 heavy (non-hydrogen) atoms. The van der Waals surface area contributed by atoms with E-state index in [2.05, 4.69) is 4.72 Å². The second-order valence-corrected chi connectivity index (χ2v) is 7.15. The largest absolute Gasteiger partial charge is 0.470 e. The molecule has 0 spiro atoms. The maximum atomic E-state index is 11.7. The summed E-state index contributed by atoms with van der Waals surface area (Å²) >= 11 is 0. The highest BCUT2D eigenvalue weighted by atomic mass is 32.2. The van der Waals surface area contributed by atoms with Crippen molar-refractivity contribution in [3.05, 3.63) is 0 Å². The first-order valence-corrected chi connectivity index (χ1v) is 6.33. The van der Waals surface area contributed by atoms with Crippen molar-refractivity contribution in [1.82, 2.24) is 4.72 Å². The van der Waals surface area contributed by atoms with Gasteiger partial charge in [0.25, 0.3) is 0 Å². The lowest BCUT2D eigenvalue weighted by molar-refractivity contribution is 0.364. The average molecular weight is 235 g/mol. The molecule has 0 aromatic carbocycles. The fourth-order valence-electron chi connectivity index (χ4n) is 1.05. The maximum Gasteiger partial charge on any atom is 0.470 e. The van der Waals surface area contributed by atoms with Gasteiger partial charge in [-0.3, -0.25) is 0 Å². The molecule has 3 N–H and O–H groups in total. The first-order chi connectivity index (χ1) is 6.64. The monoisotopic (exact) mass is 235 g/mol. The highest BCUT2D eigenvalue weighted by Crippen LogP contribution is 2.12. The predicted octanol–water partition coefficient (Wildman–Crippen LogP) is 0.465. The Morgan fingerprint density at radius 3 is 2.07 bits per heavy atom. The summed E-state index contributed by atoms with van der Waals surface area (Å²) in [5, 5.41) is 18.3. The summed E-state index contributed by atoms with van der Waals surface area (Å²) in [6.07, 6.45) is 0.583. The number of hydrogen-bond donors (Lipinski definition) is 3. The van der Waals surface area contributed by atoms with Crippen LogP contribution in [0.15, 0.2) is 0 Å². The second-order valence-electron chi connectivity index (χ2n) is 5.15. The number of rotatable bonds is 5. The lowest BCUT2D eigenvalue weighted by Gasteiger charge is -2.24. The fraction of sp³-hybridized carbons (Fsp3) is 1.00. The molecule has 0 aromatic heterocycles.